The molecule has 0 saturated heterocycles. The Balaban J connectivity index is 1.13. The summed E-state index contributed by atoms with van der Waals surface area (Å²) in [5.74, 6) is 0. The summed E-state index contributed by atoms with van der Waals surface area (Å²) in [6.07, 6.45) is 0. The van der Waals surface area contributed by atoms with Crippen LogP contribution in [0, 0.1) is 0 Å². The average molecular weight is 813 g/mol. The first kappa shape index (κ1) is 37.0. The number of fused-ring (bicyclic) bond motifs is 5. The molecular weight excluding hydrogens is 773 g/mol. The first-order chi connectivity index (χ1) is 30.7. The van der Waals surface area contributed by atoms with Crippen LogP contribution >= 0.6 is 11.3 Å². The maximum Gasteiger partial charge on any atom is 0.124 e. The molecule has 11 rings (SSSR count). The highest BCUT2D eigenvalue weighted by molar-refractivity contribution is 7.22. The lowest BCUT2D eigenvalue weighted by Crippen LogP contribution is -2.14. The predicted molar refractivity (Wildman–Crippen MR) is 264 cm³/mol. The number of hydrogen-bond acceptors (Lipinski definition) is 5. The third kappa shape index (κ3) is 7.00. The summed E-state index contributed by atoms with van der Waals surface area (Å²) in [5, 5.41) is 5.83. The molecule has 0 aliphatic rings. The maximum absolute atomic E-state index is 5.14. The summed E-state index contributed by atoms with van der Waals surface area (Å²) in [6.45, 7) is 0. The van der Waals surface area contributed by atoms with E-state index in [0.29, 0.717) is 0 Å². The van der Waals surface area contributed by atoms with Gasteiger partial charge in [-0.15, -0.1) is 11.3 Å². The Morgan fingerprint density at radius 3 is 1.16 bits per heavy atom. The number of anilines is 9. The summed E-state index contributed by atoms with van der Waals surface area (Å²) in [4.78, 5) is 12.2. The fourth-order valence-electron chi connectivity index (χ4n) is 8.55. The smallest absolute Gasteiger partial charge is 0.124 e. The molecule has 0 unspecified atom stereocenters. The van der Waals surface area contributed by atoms with Gasteiger partial charge in [0.1, 0.15) is 5.01 Å². The molecule has 5 heteroatoms. The second kappa shape index (κ2) is 16.2. The van der Waals surface area contributed by atoms with E-state index >= 15 is 0 Å². The van der Waals surface area contributed by atoms with Crippen molar-refractivity contribution in [3.63, 3.8) is 0 Å². The number of benzene rings is 10. The molecule has 0 aliphatic carbocycles. The van der Waals surface area contributed by atoms with Crippen LogP contribution in [0.4, 0.5) is 51.2 Å². The Labute approximate surface area is 365 Å². The predicted octanol–water partition coefficient (Wildman–Crippen LogP) is 16.7. The van der Waals surface area contributed by atoms with Gasteiger partial charge in [0.05, 0.1) is 10.2 Å². The van der Waals surface area contributed by atoms with Gasteiger partial charge in [0.25, 0.3) is 0 Å². The minimum atomic E-state index is 1.01. The van der Waals surface area contributed by atoms with E-state index in [1.807, 2.05) is 0 Å². The highest BCUT2D eigenvalue weighted by Gasteiger charge is 2.21. The number of nitrogens with zero attached hydrogens (tertiary/aromatic N) is 4. The highest BCUT2D eigenvalue weighted by atomic mass is 32.1. The van der Waals surface area contributed by atoms with Gasteiger partial charge in [0.2, 0.25) is 0 Å². The zero-order chi connectivity index (χ0) is 41.2. The third-order valence-electron chi connectivity index (χ3n) is 11.4. The molecular formula is C57H40N4S. The van der Waals surface area contributed by atoms with Crippen molar-refractivity contribution in [2.24, 2.45) is 0 Å². The SMILES string of the molecule is c1ccc(-c2nc3ccc4ccc5ccc(N(c6cccc(N(c7ccccc7)c7ccccc7)c6)c6cccc(N(c7ccccc7)c7ccccc7)c6)cc5c4c3s2)cc1. The number of aromatic nitrogens is 1. The summed E-state index contributed by atoms with van der Waals surface area (Å²) >= 11 is 1.77. The Morgan fingerprint density at radius 1 is 0.306 bits per heavy atom. The molecule has 1 heterocycles. The van der Waals surface area contributed by atoms with Gasteiger partial charge in [-0.1, -0.05) is 140 Å². The van der Waals surface area contributed by atoms with Crippen molar-refractivity contribution >= 4 is 94.3 Å². The van der Waals surface area contributed by atoms with Crippen LogP contribution in [0.15, 0.2) is 243 Å². The molecule has 0 fully saturated rings. The second-order valence-corrected chi connectivity index (χ2v) is 16.3. The molecule has 0 amide bonds. The summed E-state index contributed by atoms with van der Waals surface area (Å²) in [5.41, 5.74) is 11.8. The van der Waals surface area contributed by atoms with Crippen LogP contribution in [0.25, 0.3) is 42.3 Å². The Bertz CT molecular complexity index is 3090. The van der Waals surface area contributed by atoms with Gasteiger partial charge in [-0.2, -0.15) is 0 Å². The number of thiazole rings is 1. The van der Waals surface area contributed by atoms with Crippen LogP contribution in [0.3, 0.4) is 0 Å². The lowest BCUT2D eigenvalue weighted by molar-refractivity contribution is 1.24. The monoisotopic (exact) mass is 812 g/mol. The van der Waals surface area contributed by atoms with Crippen LogP contribution in [-0.4, -0.2) is 4.98 Å². The number of rotatable bonds is 10. The molecule has 294 valence electrons. The van der Waals surface area contributed by atoms with Crippen molar-refractivity contribution in [1.29, 1.82) is 0 Å². The van der Waals surface area contributed by atoms with Crippen molar-refractivity contribution in [1.82, 2.24) is 4.98 Å². The molecule has 0 N–H and O–H groups in total. The lowest BCUT2D eigenvalue weighted by atomic mass is 10.0. The quantitative estimate of drug-likeness (QED) is 0.128. The zero-order valence-electron chi connectivity index (χ0n) is 33.8. The van der Waals surface area contributed by atoms with E-state index in [0.717, 1.165) is 67.3 Å². The van der Waals surface area contributed by atoms with Gasteiger partial charge in [0.15, 0.2) is 0 Å². The lowest BCUT2D eigenvalue weighted by Gasteiger charge is -2.31. The van der Waals surface area contributed by atoms with Crippen LogP contribution < -0.4 is 14.7 Å². The van der Waals surface area contributed by atoms with Crippen molar-refractivity contribution in [2.45, 2.75) is 0 Å². The van der Waals surface area contributed by atoms with Crippen molar-refractivity contribution in [3.05, 3.63) is 243 Å². The largest absolute Gasteiger partial charge is 0.310 e. The first-order valence-corrected chi connectivity index (χ1v) is 21.7. The molecule has 1 aromatic heterocycles. The minimum absolute atomic E-state index is 1.01. The molecule has 11 aromatic rings. The summed E-state index contributed by atoms with van der Waals surface area (Å²) < 4.78 is 1.20. The van der Waals surface area contributed by atoms with E-state index in [9.17, 15) is 0 Å². The third-order valence-corrected chi connectivity index (χ3v) is 12.5. The molecule has 0 saturated carbocycles. The van der Waals surface area contributed by atoms with Gasteiger partial charge >= 0.3 is 0 Å². The first-order valence-electron chi connectivity index (χ1n) is 20.9. The van der Waals surface area contributed by atoms with Gasteiger partial charge in [0, 0.05) is 62.1 Å². The molecule has 4 nitrogen and oxygen atoms in total. The van der Waals surface area contributed by atoms with E-state index in [4.69, 9.17) is 4.98 Å². The normalized spacial score (nSPS) is 11.2. The van der Waals surface area contributed by atoms with Gasteiger partial charge < -0.3 is 14.7 Å². The van der Waals surface area contributed by atoms with Crippen LogP contribution in [0.2, 0.25) is 0 Å². The van der Waals surface area contributed by atoms with Gasteiger partial charge in [-0.05, 0) is 119 Å². The maximum atomic E-state index is 5.14. The van der Waals surface area contributed by atoms with E-state index in [1.165, 1.54) is 26.2 Å². The number of para-hydroxylation sites is 4. The standard InChI is InChI=1S/C57H40N4S/c1-6-18-43(19-7-1)57-58-54-37-35-42-33-32-41-34-36-52(40-53(41)55(42)56(54)62-57)61(50-30-16-28-48(38-50)59(44-20-8-2-9-21-44)45-22-10-3-11-23-45)51-31-17-29-49(39-51)60(46-24-12-4-13-25-46)47-26-14-5-15-27-47/h1-40H. The topological polar surface area (TPSA) is 22.6 Å². The molecule has 62 heavy (non-hydrogen) atoms. The Hall–Kier alpha value is -7.99. The number of hydrogen-bond donors (Lipinski definition) is 0. The summed E-state index contributed by atoms with van der Waals surface area (Å²) in [7, 11) is 0. The fourth-order valence-corrected chi connectivity index (χ4v) is 9.68. The van der Waals surface area contributed by atoms with E-state index in [2.05, 4.69) is 257 Å². The van der Waals surface area contributed by atoms with Crippen molar-refractivity contribution in [2.75, 3.05) is 14.7 Å². The zero-order valence-corrected chi connectivity index (χ0v) is 34.6. The minimum Gasteiger partial charge on any atom is -0.310 e. The molecule has 0 radical (unpaired) electrons. The molecule has 10 aromatic carbocycles. The van der Waals surface area contributed by atoms with Gasteiger partial charge in [-0.3, -0.25) is 0 Å². The summed E-state index contributed by atoms with van der Waals surface area (Å²) in [6, 6.07) is 86.4. The average Bonchev–Trinajstić information content (AvgIpc) is 3.79. The van der Waals surface area contributed by atoms with Crippen LogP contribution in [0.1, 0.15) is 0 Å². The Morgan fingerprint density at radius 2 is 0.677 bits per heavy atom. The molecule has 0 spiro atoms. The highest BCUT2D eigenvalue weighted by Crippen LogP contribution is 2.45. The van der Waals surface area contributed by atoms with Crippen LogP contribution in [-0.2, 0) is 0 Å². The molecule has 0 bridgehead atoms. The van der Waals surface area contributed by atoms with Crippen LogP contribution in [0.5, 0.6) is 0 Å². The molecule has 0 atom stereocenters. The van der Waals surface area contributed by atoms with Gasteiger partial charge in [-0.25, -0.2) is 4.98 Å². The second-order valence-electron chi connectivity index (χ2n) is 15.3. The van der Waals surface area contributed by atoms with Crippen molar-refractivity contribution in [3.8, 4) is 10.6 Å². The molecule has 0 aliphatic heterocycles. The van der Waals surface area contributed by atoms with E-state index < -0.39 is 0 Å². The van der Waals surface area contributed by atoms with Crippen molar-refractivity contribution < 1.29 is 0 Å². The van der Waals surface area contributed by atoms with E-state index in [1.54, 1.807) is 11.3 Å². The Kier molecular flexibility index (Phi) is 9.69. The van der Waals surface area contributed by atoms with E-state index in [-0.39, 0.29) is 0 Å². The fraction of sp³-hybridized carbons (Fsp3) is 0.